The molecule has 0 aliphatic heterocycles. The largest absolute Gasteiger partial charge is 0.383 e. The molecule has 1 aromatic heterocycles. The van der Waals surface area contributed by atoms with E-state index in [1.165, 1.54) is 21.7 Å². The van der Waals surface area contributed by atoms with Gasteiger partial charge in [-0.3, -0.25) is 4.90 Å². The van der Waals surface area contributed by atoms with E-state index in [9.17, 15) is 0 Å². The van der Waals surface area contributed by atoms with Gasteiger partial charge in [-0.1, -0.05) is 6.92 Å². The van der Waals surface area contributed by atoms with Crippen LogP contribution in [0.3, 0.4) is 0 Å². The van der Waals surface area contributed by atoms with Crippen LogP contribution < -0.4 is 5.32 Å². The zero-order chi connectivity index (χ0) is 15.0. The SMILES string of the molecule is CCCNCc1cc(CN(CCOC)C(C)C)c(C)s1. The minimum absolute atomic E-state index is 0.547. The minimum Gasteiger partial charge on any atom is -0.383 e. The van der Waals surface area contributed by atoms with Crippen LogP contribution >= 0.6 is 11.3 Å². The predicted molar refractivity (Wildman–Crippen MR) is 88.5 cm³/mol. The van der Waals surface area contributed by atoms with E-state index in [0.717, 1.165) is 32.8 Å². The molecule has 0 radical (unpaired) electrons. The van der Waals surface area contributed by atoms with Crippen molar-refractivity contribution in [2.24, 2.45) is 0 Å². The van der Waals surface area contributed by atoms with Crippen molar-refractivity contribution in [2.45, 2.75) is 53.2 Å². The van der Waals surface area contributed by atoms with E-state index in [4.69, 9.17) is 4.74 Å². The number of aryl methyl sites for hydroxylation is 1. The third kappa shape index (κ3) is 5.92. The molecule has 0 atom stereocenters. The zero-order valence-electron chi connectivity index (χ0n) is 13.7. The Morgan fingerprint density at radius 2 is 2.15 bits per heavy atom. The number of methoxy groups -OCH3 is 1. The van der Waals surface area contributed by atoms with Gasteiger partial charge in [-0.2, -0.15) is 0 Å². The number of nitrogens with zero attached hydrogens (tertiary/aromatic N) is 1. The van der Waals surface area contributed by atoms with Crippen LogP contribution in [0.2, 0.25) is 0 Å². The second-order valence-electron chi connectivity index (χ2n) is 5.53. The van der Waals surface area contributed by atoms with Crippen LogP contribution in [0.4, 0.5) is 0 Å². The quantitative estimate of drug-likeness (QED) is 0.670. The van der Waals surface area contributed by atoms with Gasteiger partial charge >= 0.3 is 0 Å². The highest BCUT2D eigenvalue weighted by atomic mass is 32.1. The molecular weight excluding hydrogens is 268 g/mol. The van der Waals surface area contributed by atoms with Gasteiger partial charge in [0.05, 0.1) is 6.61 Å². The van der Waals surface area contributed by atoms with E-state index in [1.54, 1.807) is 7.11 Å². The molecule has 0 saturated carbocycles. The Bertz CT molecular complexity index is 377. The van der Waals surface area contributed by atoms with Gasteiger partial charge in [-0.25, -0.2) is 0 Å². The Kier molecular flexibility index (Phi) is 8.38. The molecular formula is C16H30N2OS. The predicted octanol–water partition coefficient (Wildman–Crippen LogP) is 3.41. The van der Waals surface area contributed by atoms with Crippen molar-refractivity contribution in [3.05, 3.63) is 21.4 Å². The van der Waals surface area contributed by atoms with Gasteiger partial charge < -0.3 is 10.1 Å². The smallest absolute Gasteiger partial charge is 0.0589 e. The molecule has 1 rings (SSSR count). The summed E-state index contributed by atoms with van der Waals surface area (Å²) in [7, 11) is 1.77. The van der Waals surface area contributed by atoms with Crippen LogP contribution in [-0.4, -0.2) is 37.7 Å². The Morgan fingerprint density at radius 3 is 2.75 bits per heavy atom. The first-order valence-corrected chi connectivity index (χ1v) is 8.42. The summed E-state index contributed by atoms with van der Waals surface area (Å²) in [6.07, 6.45) is 1.19. The average molecular weight is 298 g/mol. The molecule has 1 N–H and O–H groups in total. The van der Waals surface area contributed by atoms with Crippen LogP contribution in [-0.2, 0) is 17.8 Å². The molecule has 0 fully saturated rings. The molecule has 0 saturated heterocycles. The van der Waals surface area contributed by atoms with Gasteiger partial charge in [0.1, 0.15) is 0 Å². The molecule has 20 heavy (non-hydrogen) atoms. The van der Waals surface area contributed by atoms with Gasteiger partial charge in [-0.15, -0.1) is 11.3 Å². The van der Waals surface area contributed by atoms with Crippen LogP contribution in [0.25, 0.3) is 0 Å². The molecule has 0 bridgehead atoms. The van der Waals surface area contributed by atoms with Gasteiger partial charge in [0, 0.05) is 42.5 Å². The highest BCUT2D eigenvalue weighted by Gasteiger charge is 2.13. The second kappa shape index (κ2) is 9.50. The van der Waals surface area contributed by atoms with Crippen molar-refractivity contribution in [1.29, 1.82) is 0 Å². The fourth-order valence-electron chi connectivity index (χ4n) is 2.17. The van der Waals surface area contributed by atoms with Crippen LogP contribution in [0.5, 0.6) is 0 Å². The van der Waals surface area contributed by atoms with Crippen molar-refractivity contribution >= 4 is 11.3 Å². The summed E-state index contributed by atoms with van der Waals surface area (Å²) in [4.78, 5) is 5.37. The summed E-state index contributed by atoms with van der Waals surface area (Å²) >= 11 is 1.92. The van der Waals surface area contributed by atoms with Crippen LogP contribution in [0.1, 0.15) is 42.5 Å². The van der Waals surface area contributed by atoms with Crippen molar-refractivity contribution in [3.8, 4) is 0 Å². The first kappa shape index (κ1) is 17.6. The molecule has 0 aliphatic carbocycles. The lowest BCUT2D eigenvalue weighted by Gasteiger charge is -2.26. The number of hydrogen-bond donors (Lipinski definition) is 1. The molecule has 3 nitrogen and oxygen atoms in total. The van der Waals surface area contributed by atoms with Crippen molar-refractivity contribution in [3.63, 3.8) is 0 Å². The Labute approximate surface area is 128 Å². The summed E-state index contributed by atoms with van der Waals surface area (Å²) in [6, 6.07) is 2.91. The maximum atomic E-state index is 5.21. The fraction of sp³-hybridized carbons (Fsp3) is 0.750. The van der Waals surface area contributed by atoms with Crippen LogP contribution in [0.15, 0.2) is 6.07 Å². The van der Waals surface area contributed by atoms with E-state index in [1.807, 2.05) is 11.3 Å². The van der Waals surface area contributed by atoms with Crippen molar-refractivity contribution in [1.82, 2.24) is 10.2 Å². The van der Waals surface area contributed by atoms with Gasteiger partial charge in [0.2, 0.25) is 0 Å². The Hall–Kier alpha value is -0.420. The van der Waals surface area contributed by atoms with Gasteiger partial charge in [-0.05, 0) is 45.4 Å². The van der Waals surface area contributed by atoms with Gasteiger partial charge in [0.15, 0.2) is 0 Å². The molecule has 0 aromatic carbocycles. The molecule has 4 heteroatoms. The summed E-state index contributed by atoms with van der Waals surface area (Å²) in [5.41, 5.74) is 1.47. The summed E-state index contributed by atoms with van der Waals surface area (Å²) in [5, 5.41) is 3.48. The maximum absolute atomic E-state index is 5.21. The maximum Gasteiger partial charge on any atom is 0.0589 e. The third-order valence-electron chi connectivity index (χ3n) is 3.48. The highest BCUT2D eigenvalue weighted by molar-refractivity contribution is 7.12. The standard InChI is InChI=1S/C16H30N2OS/c1-6-7-17-11-16-10-15(14(4)20-16)12-18(13(2)3)8-9-19-5/h10,13,17H,6-9,11-12H2,1-5H3. The minimum atomic E-state index is 0.547. The molecule has 0 unspecified atom stereocenters. The summed E-state index contributed by atoms with van der Waals surface area (Å²) in [6.45, 7) is 13.8. The van der Waals surface area contributed by atoms with Crippen molar-refractivity contribution < 1.29 is 4.74 Å². The lowest BCUT2D eigenvalue weighted by Crippen LogP contribution is -2.33. The second-order valence-corrected chi connectivity index (χ2v) is 6.87. The third-order valence-corrected chi connectivity index (χ3v) is 4.58. The highest BCUT2D eigenvalue weighted by Crippen LogP contribution is 2.23. The van der Waals surface area contributed by atoms with Crippen molar-refractivity contribution in [2.75, 3.05) is 26.8 Å². The molecule has 0 spiro atoms. The molecule has 1 aromatic rings. The number of thiophene rings is 1. The number of ether oxygens (including phenoxy) is 1. The summed E-state index contributed by atoms with van der Waals surface area (Å²) < 4.78 is 5.21. The van der Waals surface area contributed by atoms with Crippen LogP contribution in [0, 0.1) is 6.92 Å². The lowest BCUT2D eigenvalue weighted by atomic mass is 10.2. The first-order valence-electron chi connectivity index (χ1n) is 7.60. The zero-order valence-corrected chi connectivity index (χ0v) is 14.5. The lowest BCUT2D eigenvalue weighted by molar-refractivity contribution is 0.125. The summed E-state index contributed by atoms with van der Waals surface area (Å²) in [5.74, 6) is 0. The number of nitrogens with one attached hydrogen (secondary N) is 1. The number of rotatable bonds is 10. The fourth-order valence-corrected chi connectivity index (χ4v) is 3.19. The molecule has 116 valence electrons. The molecule has 1 heterocycles. The van der Waals surface area contributed by atoms with Gasteiger partial charge in [0.25, 0.3) is 0 Å². The molecule has 0 aliphatic rings. The molecule has 0 amide bonds. The van der Waals surface area contributed by atoms with E-state index < -0.39 is 0 Å². The Balaban J connectivity index is 2.60. The Morgan fingerprint density at radius 1 is 1.40 bits per heavy atom. The normalized spacial score (nSPS) is 11.8. The average Bonchev–Trinajstić information content (AvgIpc) is 2.75. The first-order chi connectivity index (χ1) is 9.58. The monoisotopic (exact) mass is 298 g/mol. The van der Waals surface area contributed by atoms with E-state index in [0.29, 0.717) is 6.04 Å². The van der Waals surface area contributed by atoms with E-state index in [-0.39, 0.29) is 0 Å². The van der Waals surface area contributed by atoms with E-state index >= 15 is 0 Å². The topological polar surface area (TPSA) is 24.5 Å². The number of hydrogen-bond acceptors (Lipinski definition) is 4. The van der Waals surface area contributed by atoms with E-state index in [2.05, 4.69) is 44.0 Å².